The van der Waals surface area contributed by atoms with E-state index >= 15 is 0 Å². The van der Waals surface area contributed by atoms with E-state index in [4.69, 9.17) is 5.73 Å². The van der Waals surface area contributed by atoms with E-state index in [9.17, 15) is 4.79 Å². The van der Waals surface area contributed by atoms with Crippen LogP contribution in [0.3, 0.4) is 0 Å². The first-order chi connectivity index (χ1) is 7.51. The molecular weight excluding hydrogens is 331 g/mol. The van der Waals surface area contributed by atoms with Gasteiger partial charge in [-0.2, -0.15) is 0 Å². The summed E-state index contributed by atoms with van der Waals surface area (Å²) in [6, 6.07) is 0.177. The predicted octanol–water partition coefficient (Wildman–Crippen LogP) is 1.18. The molecule has 0 radical (unpaired) electrons. The summed E-state index contributed by atoms with van der Waals surface area (Å²) >= 11 is 0. The van der Waals surface area contributed by atoms with Gasteiger partial charge in [-0.05, 0) is 27.7 Å². The minimum absolute atomic E-state index is 0. The minimum atomic E-state index is 0. The molecule has 6 heteroatoms. The van der Waals surface area contributed by atoms with E-state index in [1.54, 1.807) is 0 Å². The molecule has 102 valence electrons. The quantitative estimate of drug-likeness (QED) is 0.427. The lowest BCUT2D eigenvalue weighted by Gasteiger charge is -2.19. The Bertz CT molecular complexity index is 240. The Labute approximate surface area is 121 Å². The molecule has 0 aromatic rings. The number of nitrogens with two attached hydrogens (primary N) is 1. The van der Waals surface area contributed by atoms with Gasteiger partial charge in [0, 0.05) is 25.6 Å². The zero-order valence-electron chi connectivity index (χ0n) is 11.2. The van der Waals surface area contributed by atoms with E-state index in [-0.39, 0.29) is 35.9 Å². The number of guanidine groups is 1. The highest BCUT2D eigenvalue weighted by Crippen LogP contribution is 1.89. The van der Waals surface area contributed by atoms with Crippen molar-refractivity contribution in [1.82, 2.24) is 10.2 Å². The standard InChI is InChI=1S/C11H24N4O.HI/c1-5-15(6-2)11(12)13-8-7-10(16)14-9(3)4;/h9H,5-8H2,1-4H3,(H2,12,13)(H,14,16);1H. The number of hydrogen-bond donors (Lipinski definition) is 2. The number of carbonyl (C=O) groups excluding carboxylic acids is 1. The molecule has 0 spiro atoms. The van der Waals surface area contributed by atoms with Gasteiger partial charge in [0.25, 0.3) is 0 Å². The maximum Gasteiger partial charge on any atom is 0.222 e. The fraction of sp³-hybridized carbons (Fsp3) is 0.818. The first-order valence-electron chi connectivity index (χ1n) is 5.85. The Kier molecular flexibility index (Phi) is 11.8. The lowest BCUT2D eigenvalue weighted by molar-refractivity contribution is -0.121. The topological polar surface area (TPSA) is 70.7 Å². The van der Waals surface area contributed by atoms with Crippen molar-refractivity contribution in [3.8, 4) is 0 Å². The maximum atomic E-state index is 11.3. The van der Waals surface area contributed by atoms with E-state index in [1.165, 1.54) is 0 Å². The smallest absolute Gasteiger partial charge is 0.222 e. The van der Waals surface area contributed by atoms with Crippen LogP contribution < -0.4 is 11.1 Å². The van der Waals surface area contributed by atoms with E-state index in [1.807, 2.05) is 32.6 Å². The lowest BCUT2D eigenvalue weighted by Crippen LogP contribution is -2.37. The zero-order valence-corrected chi connectivity index (χ0v) is 13.5. The van der Waals surface area contributed by atoms with E-state index < -0.39 is 0 Å². The van der Waals surface area contributed by atoms with Crippen molar-refractivity contribution in [2.24, 2.45) is 10.7 Å². The molecular formula is C11H25IN4O. The predicted molar refractivity (Wildman–Crippen MR) is 82.7 cm³/mol. The Balaban J connectivity index is 0. The summed E-state index contributed by atoms with van der Waals surface area (Å²) in [6.07, 6.45) is 0.389. The third-order valence-corrected chi connectivity index (χ3v) is 2.15. The highest BCUT2D eigenvalue weighted by Gasteiger charge is 2.04. The second-order valence-electron chi connectivity index (χ2n) is 3.88. The van der Waals surface area contributed by atoms with Crippen LogP contribution in [-0.4, -0.2) is 42.4 Å². The molecule has 1 amide bonds. The van der Waals surface area contributed by atoms with Crippen molar-refractivity contribution >= 4 is 35.8 Å². The first-order valence-corrected chi connectivity index (χ1v) is 5.85. The van der Waals surface area contributed by atoms with Crippen LogP contribution in [0, 0.1) is 0 Å². The van der Waals surface area contributed by atoms with Crippen LogP contribution in [0.15, 0.2) is 4.99 Å². The third-order valence-electron chi connectivity index (χ3n) is 2.15. The number of nitrogens with one attached hydrogen (secondary N) is 1. The number of halogens is 1. The lowest BCUT2D eigenvalue weighted by atomic mass is 10.3. The van der Waals surface area contributed by atoms with Crippen molar-refractivity contribution in [1.29, 1.82) is 0 Å². The Morgan fingerprint density at radius 3 is 2.29 bits per heavy atom. The van der Waals surface area contributed by atoms with Crippen molar-refractivity contribution < 1.29 is 4.79 Å². The van der Waals surface area contributed by atoms with Gasteiger partial charge in [0.05, 0.1) is 6.54 Å². The summed E-state index contributed by atoms with van der Waals surface area (Å²) < 4.78 is 0. The monoisotopic (exact) mass is 356 g/mol. The van der Waals surface area contributed by atoms with Crippen molar-refractivity contribution in [2.45, 2.75) is 40.2 Å². The van der Waals surface area contributed by atoms with Crippen LogP contribution in [0.25, 0.3) is 0 Å². The molecule has 0 aliphatic carbocycles. The van der Waals surface area contributed by atoms with Gasteiger partial charge in [-0.15, -0.1) is 24.0 Å². The van der Waals surface area contributed by atoms with Gasteiger partial charge in [-0.3, -0.25) is 9.79 Å². The summed E-state index contributed by atoms with van der Waals surface area (Å²) in [5.74, 6) is 0.536. The summed E-state index contributed by atoms with van der Waals surface area (Å²) in [6.45, 7) is 10.0. The number of nitrogens with zero attached hydrogens (tertiary/aromatic N) is 2. The van der Waals surface area contributed by atoms with Gasteiger partial charge in [0.1, 0.15) is 0 Å². The summed E-state index contributed by atoms with van der Waals surface area (Å²) in [5, 5.41) is 2.81. The number of hydrogen-bond acceptors (Lipinski definition) is 2. The maximum absolute atomic E-state index is 11.3. The third kappa shape index (κ3) is 9.20. The van der Waals surface area contributed by atoms with Crippen molar-refractivity contribution in [3.05, 3.63) is 0 Å². The highest BCUT2D eigenvalue weighted by molar-refractivity contribution is 14.0. The van der Waals surface area contributed by atoms with Gasteiger partial charge in [0.15, 0.2) is 5.96 Å². The molecule has 3 N–H and O–H groups in total. The van der Waals surface area contributed by atoms with Crippen LogP contribution in [0.4, 0.5) is 0 Å². The van der Waals surface area contributed by atoms with E-state index in [0.717, 1.165) is 13.1 Å². The second kappa shape index (κ2) is 10.6. The first kappa shape index (κ1) is 18.8. The molecule has 0 heterocycles. The van der Waals surface area contributed by atoms with Gasteiger partial charge in [0.2, 0.25) is 5.91 Å². The van der Waals surface area contributed by atoms with Gasteiger partial charge in [-0.25, -0.2) is 0 Å². The molecule has 0 aliphatic rings. The Hall–Kier alpha value is -0.530. The Morgan fingerprint density at radius 1 is 1.35 bits per heavy atom. The second-order valence-corrected chi connectivity index (χ2v) is 3.88. The number of carbonyl (C=O) groups is 1. The van der Waals surface area contributed by atoms with Crippen LogP contribution in [0.5, 0.6) is 0 Å². The average Bonchev–Trinajstić information content (AvgIpc) is 2.18. The molecule has 5 nitrogen and oxygen atoms in total. The summed E-state index contributed by atoms with van der Waals surface area (Å²) in [5.41, 5.74) is 5.77. The van der Waals surface area contributed by atoms with Crippen molar-refractivity contribution in [2.75, 3.05) is 19.6 Å². The molecule has 0 unspecified atom stereocenters. The molecule has 0 bridgehead atoms. The highest BCUT2D eigenvalue weighted by atomic mass is 127. The van der Waals surface area contributed by atoms with Crippen LogP contribution in [0.2, 0.25) is 0 Å². The minimum Gasteiger partial charge on any atom is -0.370 e. The fourth-order valence-corrected chi connectivity index (χ4v) is 1.31. The van der Waals surface area contributed by atoms with Gasteiger partial charge in [-0.1, -0.05) is 0 Å². The van der Waals surface area contributed by atoms with Crippen LogP contribution in [-0.2, 0) is 4.79 Å². The molecule has 0 fully saturated rings. The Morgan fingerprint density at radius 2 is 1.88 bits per heavy atom. The van der Waals surface area contributed by atoms with E-state index in [2.05, 4.69) is 10.3 Å². The summed E-state index contributed by atoms with van der Waals surface area (Å²) in [4.78, 5) is 17.4. The molecule has 0 saturated carbocycles. The number of aliphatic imine (C=N–C) groups is 1. The normalized spacial score (nSPS) is 11.0. The van der Waals surface area contributed by atoms with Crippen LogP contribution in [0.1, 0.15) is 34.1 Å². The van der Waals surface area contributed by atoms with Crippen LogP contribution >= 0.6 is 24.0 Å². The SMILES string of the molecule is CCN(CC)C(N)=NCCC(=O)NC(C)C.I. The van der Waals surface area contributed by atoms with Gasteiger partial charge >= 0.3 is 0 Å². The number of amides is 1. The largest absolute Gasteiger partial charge is 0.370 e. The average molecular weight is 356 g/mol. The van der Waals surface area contributed by atoms with E-state index in [0.29, 0.717) is 18.9 Å². The molecule has 0 aromatic heterocycles. The zero-order chi connectivity index (χ0) is 12.6. The molecule has 0 saturated heterocycles. The van der Waals surface area contributed by atoms with Crippen molar-refractivity contribution in [3.63, 3.8) is 0 Å². The summed E-state index contributed by atoms with van der Waals surface area (Å²) in [7, 11) is 0. The number of rotatable bonds is 6. The molecule has 0 aromatic carbocycles. The van der Waals surface area contributed by atoms with Gasteiger partial charge < -0.3 is 16.0 Å². The fourth-order valence-electron chi connectivity index (χ4n) is 1.31. The molecule has 0 atom stereocenters. The molecule has 0 aliphatic heterocycles. The molecule has 17 heavy (non-hydrogen) atoms. The molecule has 0 rings (SSSR count).